The number of amides is 1. The lowest BCUT2D eigenvalue weighted by Crippen LogP contribution is -2.42. The molecule has 1 aliphatic rings. The number of aromatic amines is 1. The summed E-state index contributed by atoms with van der Waals surface area (Å²) in [6, 6.07) is 5.03. The average Bonchev–Trinajstić information content (AvgIpc) is 2.48. The van der Waals surface area contributed by atoms with Crippen molar-refractivity contribution in [2.75, 3.05) is 23.7 Å². The second kappa shape index (κ2) is 5.08. The Labute approximate surface area is 120 Å². The van der Waals surface area contributed by atoms with E-state index in [0.717, 1.165) is 19.4 Å². The van der Waals surface area contributed by atoms with Crippen LogP contribution in [0.2, 0.25) is 0 Å². The van der Waals surface area contributed by atoms with Crippen molar-refractivity contribution in [3.05, 3.63) is 28.6 Å². The average molecular weight is 287 g/mol. The highest BCUT2D eigenvalue weighted by molar-refractivity contribution is 5.82. The molecular formula is C14H17N5O2. The predicted octanol–water partition coefficient (Wildman–Crippen LogP) is 0.207. The SMILES string of the molecule is NC(=O)C1CCCN(c2nc3ccc(N)cc3c(=O)[nH]2)C1. The van der Waals surface area contributed by atoms with Crippen LogP contribution in [-0.4, -0.2) is 29.0 Å². The van der Waals surface area contributed by atoms with Crippen molar-refractivity contribution < 1.29 is 4.79 Å². The number of piperidine rings is 1. The molecule has 3 rings (SSSR count). The summed E-state index contributed by atoms with van der Waals surface area (Å²) in [5.74, 6) is -0.0370. The van der Waals surface area contributed by atoms with Gasteiger partial charge >= 0.3 is 0 Å². The Hall–Kier alpha value is -2.57. The van der Waals surface area contributed by atoms with Gasteiger partial charge in [-0.15, -0.1) is 0 Å². The Morgan fingerprint density at radius 1 is 1.43 bits per heavy atom. The number of nitrogens with one attached hydrogen (secondary N) is 1. The van der Waals surface area contributed by atoms with E-state index in [1.165, 1.54) is 0 Å². The first-order valence-electron chi connectivity index (χ1n) is 6.88. The van der Waals surface area contributed by atoms with Crippen LogP contribution in [0.5, 0.6) is 0 Å². The first-order valence-corrected chi connectivity index (χ1v) is 6.88. The summed E-state index contributed by atoms with van der Waals surface area (Å²) in [5, 5.41) is 0.460. The summed E-state index contributed by atoms with van der Waals surface area (Å²) in [5.41, 5.74) is 11.9. The summed E-state index contributed by atoms with van der Waals surface area (Å²) in [4.78, 5) is 32.6. The minimum atomic E-state index is -0.310. The molecule has 2 heterocycles. The van der Waals surface area contributed by atoms with E-state index in [1.807, 2.05) is 4.90 Å². The number of nitrogens with zero attached hydrogens (tertiary/aromatic N) is 2. The van der Waals surface area contributed by atoms with Gasteiger partial charge in [0.2, 0.25) is 11.9 Å². The number of hydrogen-bond donors (Lipinski definition) is 3. The highest BCUT2D eigenvalue weighted by atomic mass is 16.1. The number of nitrogens with two attached hydrogens (primary N) is 2. The predicted molar refractivity (Wildman–Crippen MR) is 80.9 cm³/mol. The second-order valence-electron chi connectivity index (χ2n) is 5.35. The van der Waals surface area contributed by atoms with E-state index in [2.05, 4.69) is 9.97 Å². The smallest absolute Gasteiger partial charge is 0.260 e. The first-order chi connectivity index (χ1) is 10.0. The largest absolute Gasteiger partial charge is 0.399 e. The number of hydrogen-bond acceptors (Lipinski definition) is 5. The van der Waals surface area contributed by atoms with Gasteiger partial charge in [0.15, 0.2) is 0 Å². The zero-order chi connectivity index (χ0) is 15.0. The van der Waals surface area contributed by atoms with Crippen molar-refractivity contribution in [1.29, 1.82) is 0 Å². The summed E-state index contributed by atoms with van der Waals surface area (Å²) < 4.78 is 0. The number of anilines is 2. The number of H-pyrrole nitrogens is 1. The number of rotatable bonds is 2. The molecule has 0 bridgehead atoms. The van der Waals surface area contributed by atoms with E-state index in [0.29, 0.717) is 29.1 Å². The van der Waals surface area contributed by atoms with Crippen molar-refractivity contribution in [3.63, 3.8) is 0 Å². The lowest BCUT2D eigenvalue weighted by molar-refractivity contribution is -0.122. The van der Waals surface area contributed by atoms with Crippen LogP contribution in [-0.2, 0) is 4.79 Å². The van der Waals surface area contributed by atoms with Gasteiger partial charge in [0.25, 0.3) is 5.56 Å². The standard InChI is InChI=1S/C14H17N5O2/c15-9-3-4-11-10(6-9)13(21)18-14(17-11)19-5-1-2-8(7-19)12(16)20/h3-4,6,8H,1-2,5,7,15H2,(H2,16,20)(H,17,18,21). The third-order valence-electron chi connectivity index (χ3n) is 3.84. The zero-order valence-corrected chi connectivity index (χ0v) is 11.5. The van der Waals surface area contributed by atoms with Crippen LogP contribution in [0.4, 0.5) is 11.6 Å². The fraction of sp³-hybridized carbons (Fsp3) is 0.357. The molecule has 5 N–H and O–H groups in total. The number of carbonyl (C=O) groups is 1. The molecule has 0 saturated carbocycles. The number of primary amides is 1. The molecule has 1 aromatic carbocycles. The van der Waals surface area contributed by atoms with Gasteiger partial charge in [-0.3, -0.25) is 14.6 Å². The van der Waals surface area contributed by atoms with Gasteiger partial charge in [-0.05, 0) is 31.0 Å². The number of fused-ring (bicyclic) bond motifs is 1. The number of nitrogen functional groups attached to an aromatic ring is 1. The third kappa shape index (κ3) is 2.54. The number of carbonyl (C=O) groups excluding carboxylic acids is 1. The van der Waals surface area contributed by atoms with Crippen LogP contribution >= 0.6 is 0 Å². The van der Waals surface area contributed by atoms with E-state index in [-0.39, 0.29) is 17.4 Å². The molecule has 1 fully saturated rings. The maximum atomic E-state index is 12.1. The van der Waals surface area contributed by atoms with Crippen LogP contribution in [0.1, 0.15) is 12.8 Å². The topological polar surface area (TPSA) is 118 Å². The molecule has 1 saturated heterocycles. The van der Waals surface area contributed by atoms with Gasteiger partial charge in [0.05, 0.1) is 16.8 Å². The Morgan fingerprint density at radius 3 is 3.00 bits per heavy atom. The van der Waals surface area contributed by atoms with E-state index < -0.39 is 0 Å². The summed E-state index contributed by atoms with van der Waals surface area (Å²) >= 11 is 0. The summed E-state index contributed by atoms with van der Waals surface area (Å²) in [7, 11) is 0. The Bertz CT molecular complexity index is 755. The molecule has 1 unspecified atom stereocenters. The molecule has 0 spiro atoms. The molecule has 110 valence electrons. The van der Waals surface area contributed by atoms with Crippen molar-refractivity contribution in [2.45, 2.75) is 12.8 Å². The van der Waals surface area contributed by atoms with Gasteiger partial charge in [0.1, 0.15) is 0 Å². The van der Waals surface area contributed by atoms with E-state index in [9.17, 15) is 9.59 Å². The van der Waals surface area contributed by atoms with Crippen molar-refractivity contribution >= 4 is 28.4 Å². The molecule has 0 aliphatic carbocycles. The quantitative estimate of drug-likeness (QED) is 0.682. The summed E-state index contributed by atoms with van der Waals surface area (Å²) in [6.45, 7) is 1.23. The fourth-order valence-electron chi connectivity index (χ4n) is 2.70. The molecule has 1 atom stereocenters. The lowest BCUT2D eigenvalue weighted by atomic mass is 9.98. The lowest BCUT2D eigenvalue weighted by Gasteiger charge is -2.31. The van der Waals surface area contributed by atoms with Gasteiger partial charge in [-0.1, -0.05) is 0 Å². The van der Waals surface area contributed by atoms with Gasteiger partial charge in [-0.2, -0.15) is 0 Å². The normalized spacial score (nSPS) is 18.9. The third-order valence-corrected chi connectivity index (χ3v) is 3.84. The van der Waals surface area contributed by atoms with Crippen LogP contribution in [0.3, 0.4) is 0 Å². The minimum Gasteiger partial charge on any atom is -0.399 e. The van der Waals surface area contributed by atoms with Gasteiger partial charge < -0.3 is 16.4 Å². The van der Waals surface area contributed by atoms with Crippen molar-refractivity contribution in [2.24, 2.45) is 11.7 Å². The van der Waals surface area contributed by atoms with Crippen LogP contribution in [0, 0.1) is 5.92 Å². The van der Waals surface area contributed by atoms with Crippen molar-refractivity contribution in [3.8, 4) is 0 Å². The maximum absolute atomic E-state index is 12.1. The molecule has 7 heteroatoms. The Balaban J connectivity index is 1.99. The van der Waals surface area contributed by atoms with E-state index in [4.69, 9.17) is 11.5 Å². The van der Waals surface area contributed by atoms with Crippen LogP contribution in [0.15, 0.2) is 23.0 Å². The minimum absolute atomic E-state index is 0.203. The highest BCUT2D eigenvalue weighted by Crippen LogP contribution is 2.21. The van der Waals surface area contributed by atoms with Gasteiger partial charge in [0, 0.05) is 18.8 Å². The van der Waals surface area contributed by atoms with Crippen molar-refractivity contribution in [1.82, 2.24) is 9.97 Å². The highest BCUT2D eigenvalue weighted by Gasteiger charge is 2.25. The zero-order valence-electron chi connectivity index (χ0n) is 11.5. The van der Waals surface area contributed by atoms with E-state index in [1.54, 1.807) is 18.2 Å². The molecule has 21 heavy (non-hydrogen) atoms. The monoisotopic (exact) mass is 287 g/mol. The van der Waals surface area contributed by atoms with Crippen LogP contribution < -0.4 is 21.9 Å². The molecule has 1 amide bonds. The molecule has 2 aromatic rings. The molecule has 1 aromatic heterocycles. The molecule has 0 radical (unpaired) electrons. The first kappa shape index (κ1) is 13.4. The maximum Gasteiger partial charge on any atom is 0.260 e. The molecule has 7 nitrogen and oxygen atoms in total. The molecular weight excluding hydrogens is 270 g/mol. The van der Waals surface area contributed by atoms with Gasteiger partial charge in [-0.25, -0.2) is 4.98 Å². The number of aromatic nitrogens is 2. The second-order valence-corrected chi connectivity index (χ2v) is 5.35. The number of benzene rings is 1. The van der Waals surface area contributed by atoms with E-state index >= 15 is 0 Å². The fourth-order valence-corrected chi connectivity index (χ4v) is 2.70. The Kier molecular flexibility index (Phi) is 3.25. The Morgan fingerprint density at radius 2 is 2.24 bits per heavy atom. The molecule has 1 aliphatic heterocycles. The summed E-state index contributed by atoms with van der Waals surface area (Å²) in [6.07, 6.45) is 1.62. The van der Waals surface area contributed by atoms with Crippen LogP contribution in [0.25, 0.3) is 10.9 Å².